The first-order chi connectivity index (χ1) is 6.29. The zero-order valence-electron chi connectivity index (χ0n) is 7.89. The van der Waals surface area contributed by atoms with E-state index in [1.165, 1.54) is 5.56 Å². The minimum atomic E-state index is 0.850. The van der Waals surface area contributed by atoms with Crippen molar-refractivity contribution in [3.05, 3.63) is 23.8 Å². The summed E-state index contributed by atoms with van der Waals surface area (Å²) in [6, 6.07) is 6.21. The Kier molecular flexibility index (Phi) is 1.93. The maximum atomic E-state index is 4.40. The number of nitrogens with zero attached hydrogens (tertiary/aromatic N) is 1. The van der Waals surface area contributed by atoms with Crippen LogP contribution in [0, 0.1) is 6.92 Å². The number of imidazole rings is 1. The first kappa shape index (κ1) is 8.10. The maximum Gasteiger partial charge on any atom is 0.201 e. The van der Waals surface area contributed by atoms with Crippen molar-refractivity contribution < 1.29 is 0 Å². The van der Waals surface area contributed by atoms with Crippen molar-refractivity contribution in [1.29, 1.82) is 0 Å². The van der Waals surface area contributed by atoms with Gasteiger partial charge >= 0.3 is 0 Å². The molecule has 68 valence electrons. The van der Waals surface area contributed by atoms with Crippen LogP contribution in [-0.2, 0) is 0 Å². The molecule has 2 aromatic rings. The molecule has 0 amide bonds. The molecule has 3 heteroatoms. The highest BCUT2D eigenvalue weighted by atomic mass is 15.1. The van der Waals surface area contributed by atoms with Gasteiger partial charge in [-0.15, -0.1) is 0 Å². The van der Waals surface area contributed by atoms with Crippen LogP contribution in [0.15, 0.2) is 18.2 Å². The quantitative estimate of drug-likeness (QED) is 0.735. The first-order valence-corrected chi connectivity index (χ1v) is 4.50. The van der Waals surface area contributed by atoms with Crippen molar-refractivity contribution in [3.63, 3.8) is 0 Å². The van der Waals surface area contributed by atoms with Gasteiger partial charge in [-0.2, -0.15) is 0 Å². The normalized spacial score (nSPS) is 10.6. The van der Waals surface area contributed by atoms with E-state index < -0.39 is 0 Å². The van der Waals surface area contributed by atoms with Gasteiger partial charge in [-0.3, -0.25) is 0 Å². The Morgan fingerprint density at radius 2 is 2.31 bits per heavy atom. The summed E-state index contributed by atoms with van der Waals surface area (Å²) in [5, 5.41) is 3.15. The lowest BCUT2D eigenvalue weighted by Crippen LogP contribution is -1.97. The average molecular weight is 175 g/mol. The Morgan fingerprint density at radius 3 is 3.08 bits per heavy atom. The summed E-state index contributed by atoms with van der Waals surface area (Å²) < 4.78 is 0. The van der Waals surface area contributed by atoms with Gasteiger partial charge in [-0.1, -0.05) is 6.07 Å². The summed E-state index contributed by atoms with van der Waals surface area (Å²) >= 11 is 0. The second-order valence-corrected chi connectivity index (χ2v) is 3.14. The lowest BCUT2D eigenvalue weighted by Gasteiger charge is -1.93. The number of aromatic nitrogens is 2. The van der Waals surface area contributed by atoms with Crippen LogP contribution < -0.4 is 5.32 Å². The molecule has 0 aliphatic rings. The molecule has 0 saturated carbocycles. The van der Waals surface area contributed by atoms with E-state index in [0.717, 1.165) is 23.5 Å². The van der Waals surface area contributed by atoms with E-state index in [1.807, 2.05) is 0 Å². The Hall–Kier alpha value is -1.51. The number of H-pyrrole nitrogens is 1. The fraction of sp³-hybridized carbons (Fsp3) is 0.300. The number of fused-ring (bicyclic) bond motifs is 1. The van der Waals surface area contributed by atoms with Gasteiger partial charge in [0.1, 0.15) is 0 Å². The van der Waals surface area contributed by atoms with Crippen LogP contribution in [0.2, 0.25) is 0 Å². The van der Waals surface area contributed by atoms with E-state index in [0.29, 0.717) is 0 Å². The van der Waals surface area contributed by atoms with Crippen LogP contribution in [0.3, 0.4) is 0 Å². The topological polar surface area (TPSA) is 40.7 Å². The molecule has 13 heavy (non-hydrogen) atoms. The van der Waals surface area contributed by atoms with Crippen molar-refractivity contribution in [1.82, 2.24) is 9.97 Å². The van der Waals surface area contributed by atoms with Gasteiger partial charge in [-0.25, -0.2) is 4.98 Å². The molecule has 0 atom stereocenters. The molecule has 0 spiro atoms. The van der Waals surface area contributed by atoms with Gasteiger partial charge in [0.15, 0.2) is 0 Å². The molecule has 0 aliphatic carbocycles. The third-order valence-electron chi connectivity index (χ3n) is 1.98. The molecule has 1 aromatic carbocycles. The van der Waals surface area contributed by atoms with Crippen LogP contribution in [0.4, 0.5) is 5.95 Å². The fourth-order valence-electron chi connectivity index (χ4n) is 1.37. The molecule has 0 bridgehead atoms. The summed E-state index contributed by atoms with van der Waals surface area (Å²) in [7, 11) is 0. The fourth-order valence-corrected chi connectivity index (χ4v) is 1.37. The lowest BCUT2D eigenvalue weighted by molar-refractivity contribution is 1.14. The lowest BCUT2D eigenvalue weighted by atomic mass is 10.2. The first-order valence-electron chi connectivity index (χ1n) is 4.50. The minimum absolute atomic E-state index is 0.850. The highest BCUT2D eigenvalue weighted by Gasteiger charge is 2.00. The van der Waals surface area contributed by atoms with Crippen molar-refractivity contribution in [2.24, 2.45) is 0 Å². The largest absolute Gasteiger partial charge is 0.356 e. The van der Waals surface area contributed by atoms with Crippen molar-refractivity contribution >= 4 is 17.0 Å². The molecule has 2 rings (SSSR count). The second-order valence-electron chi connectivity index (χ2n) is 3.14. The van der Waals surface area contributed by atoms with Gasteiger partial charge in [0.25, 0.3) is 0 Å². The van der Waals surface area contributed by atoms with Crippen LogP contribution in [0.25, 0.3) is 11.0 Å². The smallest absolute Gasteiger partial charge is 0.201 e. The molecule has 0 fully saturated rings. The zero-order chi connectivity index (χ0) is 9.26. The van der Waals surface area contributed by atoms with Crippen molar-refractivity contribution in [3.8, 4) is 0 Å². The molecule has 0 radical (unpaired) electrons. The Labute approximate surface area is 77.2 Å². The summed E-state index contributed by atoms with van der Waals surface area (Å²) in [6.07, 6.45) is 0. The van der Waals surface area contributed by atoms with E-state index in [1.54, 1.807) is 0 Å². The number of benzene rings is 1. The average Bonchev–Trinajstić information content (AvgIpc) is 2.46. The van der Waals surface area contributed by atoms with E-state index in [2.05, 4.69) is 47.3 Å². The zero-order valence-corrected chi connectivity index (χ0v) is 7.89. The molecular weight excluding hydrogens is 162 g/mol. The predicted molar refractivity (Wildman–Crippen MR) is 55.0 cm³/mol. The molecule has 0 unspecified atom stereocenters. The Morgan fingerprint density at radius 1 is 1.46 bits per heavy atom. The van der Waals surface area contributed by atoms with E-state index in [9.17, 15) is 0 Å². The molecule has 1 aromatic heterocycles. The Bertz CT molecular complexity index is 417. The van der Waals surface area contributed by atoms with Crippen LogP contribution in [0.1, 0.15) is 12.5 Å². The molecule has 0 aliphatic heterocycles. The number of anilines is 1. The summed E-state index contributed by atoms with van der Waals surface area (Å²) in [5.41, 5.74) is 3.35. The van der Waals surface area contributed by atoms with Crippen LogP contribution in [-0.4, -0.2) is 16.5 Å². The van der Waals surface area contributed by atoms with Gasteiger partial charge < -0.3 is 10.3 Å². The van der Waals surface area contributed by atoms with Crippen LogP contribution >= 0.6 is 0 Å². The molecule has 3 nitrogen and oxygen atoms in total. The SMILES string of the molecule is CCNc1nc2cc(C)ccc2[nH]1. The summed E-state index contributed by atoms with van der Waals surface area (Å²) in [6.45, 7) is 5.01. The maximum absolute atomic E-state index is 4.40. The van der Waals surface area contributed by atoms with E-state index >= 15 is 0 Å². The van der Waals surface area contributed by atoms with Crippen molar-refractivity contribution in [2.75, 3.05) is 11.9 Å². The molecular formula is C10H13N3. The monoisotopic (exact) mass is 175 g/mol. The van der Waals surface area contributed by atoms with Gasteiger partial charge in [0.2, 0.25) is 5.95 Å². The van der Waals surface area contributed by atoms with Gasteiger partial charge in [-0.05, 0) is 31.5 Å². The highest BCUT2D eigenvalue weighted by Crippen LogP contribution is 2.15. The molecule has 0 saturated heterocycles. The third kappa shape index (κ3) is 1.49. The summed E-state index contributed by atoms with van der Waals surface area (Å²) in [4.78, 5) is 7.60. The minimum Gasteiger partial charge on any atom is -0.356 e. The van der Waals surface area contributed by atoms with E-state index in [-0.39, 0.29) is 0 Å². The number of nitrogens with one attached hydrogen (secondary N) is 2. The van der Waals surface area contributed by atoms with Gasteiger partial charge in [0.05, 0.1) is 11.0 Å². The number of hydrogen-bond donors (Lipinski definition) is 2. The third-order valence-corrected chi connectivity index (χ3v) is 1.98. The highest BCUT2D eigenvalue weighted by molar-refractivity contribution is 5.78. The Balaban J connectivity index is 2.49. The van der Waals surface area contributed by atoms with E-state index in [4.69, 9.17) is 0 Å². The number of rotatable bonds is 2. The predicted octanol–water partition coefficient (Wildman–Crippen LogP) is 2.30. The number of hydrogen-bond acceptors (Lipinski definition) is 2. The molecule has 2 N–H and O–H groups in total. The second kappa shape index (κ2) is 3.09. The summed E-state index contributed by atoms with van der Waals surface area (Å²) in [5.74, 6) is 0.850. The van der Waals surface area contributed by atoms with Gasteiger partial charge in [0, 0.05) is 6.54 Å². The number of aryl methyl sites for hydroxylation is 1. The number of aromatic amines is 1. The molecule has 1 heterocycles. The standard InChI is InChI=1S/C10H13N3/c1-3-11-10-12-8-5-4-7(2)6-9(8)13-10/h4-6H,3H2,1-2H3,(H2,11,12,13). The van der Waals surface area contributed by atoms with Crippen molar-refractivity contribution in [2.45, 2.75) is 13.8 Å². The van der Waals surface area contributed by atoms with Crippen LogP contribution in [0.5, 0.6) is 0 Å².